The lowest BCUT2D eigenvalue weighted by Crippen LogP contribution is -2.15. The van der Waals surface area contributed by atoms with Crippen LogP contribution in [0.2, 0.25) is 0 Å². The van der Waals surface area contributed by atoms with E-state index in [1.165, 1.54) is 0 Å². The summed E-state index contributed by atoms with van der Waals surface area (Å²) in [5, 5.41) is 3.02. The Hall–Kier alpha value is -1.90. The van der Waals surface area contributed by atoms with E-state index in [-0.39, 0.29) is 12.5 Å². The summed E-state index contributed by atoms with van der Waals surface area (Å²) >= 11 is 0. The minimum Gasteiger partial charge on any atom is -0.310 e. The van der Waals surface area contributed by atoms with Crippen molar-refractivity contribution in [3.63, 3.8) is 0 Å². The van der Waals surface area contributed by atoms with E-state index in [4.69, 9.17) is 4.52 Å². The van der Waals surface area contributed by atoms with Crippen molar-refractivity contribution >= 4 is 18.7 Å². The third kappa shape index (κ3) is 2.31. The number of hydrogen-bond acceptors (Lipinski definition) is 3. The maximum absolute atomic E-state index is 12.8. The fraction of sp³-hybridized carbons (Fsp3) is 0.188. The molecule has 0 fully saturated rings. The summed E-state index contributed by atoms with van der Waals surface area (Å²) < 4.78 is 18.1. The molecule has 0 bridgehead atoms. The van der Waals surface area contributed by atoms with Crippen molar-refractivity contribution in [2.24, 2.45) is 0 Å². The highest BCUT2D eigenvalue weighted by molar-refractivity contribution is 7.67. The number of amides is 1. The number of nitrogens with one attached hydrogen (secondary N) is 1. The number of hydrogen-bond donors (Lipinski definition) is 1. The van der Waals surface area contributed by atoms with Gasteiger partial charge in [-0.05, 0) is 36.6 Å². The average Bonchev–Trinajstić information content (AvgIpc) is 2.72. The molecule has 1 unspecified atom stereocenters. The molecular weight excluding hydrogens is 285 g/mol. The third-order valence-electron chi connectivity index (χ3n) is 3.51. The summed E-state index contributed by atoms with van der Waals surface area (Å²) in [6.45, 7) is 3.91. The van der Waals surface area contributed by atoms with Gasteiger partial charge >= 0.3 is 7.52 Å². The molecule has 0 radical (unpaired) electrons. The number of aryl methyl sites for hydroxylation is 1. The maximum atomic E-state index is 12.8. The van der Waals surface area contributed by atoms with Gasteiger partial charge in [0.1, 0.15) is 0 Å². The van der Waals surface area contributed by atoms with Crippen LogP contribution in [0.1, 0.15) is 22.8 Å². The lowest BCUT2D eigenvalue weighted by atomic mass is 10.00. The normalized spacial score (nSPS) is 20.2. The average molecular weight is 301 g/mol. The number of fused-ring (bicyclic) bond motifs is 1. The number of carbonyl (C=O) groups excluding carboxylic acids is 1. The summed E-state index contributed by atoms with van der Waals surface area (Å²) in [5.74, 6) is -0.331. The van der Waals surface area contributed by atoms with Gasteiger partial charge in [0.2, 0.25) is 0 Å². The standard InChI is InChI=1S/C16H16NO3P/c1-3-20-21(19)15-11(2)9-13(10-14(15)16(18)17-21)12-7-5-4-6-8-12/h4-10H,3H2,1-2H3,(H,17,18,19). The fourth-order valence-electron chi connectivity index (χ4n) is 2.67. The zero-order valence-electron chi connectivity index (χ0n) is 11.9. The number of rotatable bonds is 3. The monoisotopic (exact) mass is 301 g/mol. The van der Waals surface area contributed by atoms with E-state index in [2.05, 4.69) is 5.09 Å². The Morgan fingerprint density at radius 2 is 1.86 bits per heavy atom. The van der Waals surface area contributed by atoms with Gasteiger partial charge < -0.3 is 4.52 Å². The summed E-state index contributed by atoms with van der Waals surface area (Å²) in [5.41, 5.74) is 3.22. The van der Waals surface area contributed by atoms with Crippen LogP contribution in [-0.2, 0) is 9.09 Å². The van der Waals surface area contributed by atoms with Crippen molar-refractivity contribution in [1.29, 1.82) is 0 Å². The molecule has 3 rings (SSSR count). The quantitative estimate of drug-likeness (QED) is 0.885. The predicted molar refractivity (Wildman–Crippen MR) is 82.9 cm³/mol. The van der Waals surface area contributed by atoms with Gasteiger partial charge in [-0.1, -0.05) is 36.4 Å². The number of benzene rings is 2. The first-order valence-electron chi connectivity index (χ1n) is 6.83. The summed E-state index contributed by atoms with van der Waals surface area (Å²) in [4.78, 5) is 12.1. The zero-order chi connectivity index (χ0) is 15.0. The van der Waals surface area contributed by atoms with Gasteiger partial charge in [-0.25, -0.2) is 0 Å². The van der Waals surface area contributed by atoms with Crippen LogP contribution in [-0.4, -0.2) is 12.5 Å². The van der Waals surface area contributed by atoms with Crippen LogP contribution in [0.25, 0.3) is 11.1 Å². The Balaban J connectivity index is 2.18. The van der Waals surface area contributed by atoms with Crippen LogP contribution in [0.3, 0.4) is 0 Å². The molecule has 0 saturated carbocycles. The topological polar surface area (TPSA) is 55.4 Å². The first-order chi connectivity index (χ1) is 10.0. The van der Waals surface area contributed by atoms with Crippen molar-refractivity contribution < 1.29 is 13.9 Å². The van der Waals surface area contributed by atoms with Crippen LogP contribution in [0.5, 0.6) is 0 Å². The second-order valence-electron chi connectivity index (χ2n) is 4.97. The first-order valence-corrected chi connectivity index (χ1v) is 8.45. The number of carbonyl (C=O) groups is 1. The van der Waals surface area contributed by atoms with Crippen molar-refractivity contribution in [3.05, 3.63) is 53.6 Å². The molecule has 1 amide bonds. The van der Waals surface area contributed by atoms with Gasteiger partial charge in [0, 0.05) is 0 Å². The lowest BCUT2D eigenvalue weighted by Gasteiger charge is -2.14. The first kappa shape index (κ1) is 14.1. The molecule has 1 N–H and O–H groups in total. The second kappa shape index (κ2) is 5.14. The predicted octanol–water partition coefficient (Wildman–Crippen LogP) is 3.26. The Labute approximate surface area is 123 Å². The van der Waals surface area contributed by atoms with Crippen molar-refractivity contribution in [2.45, 2.75) is 13.8 Å². The summed E-state index contributed by atoms with van der Waals surface area (Å²) in [7, 11) is -3.26. The van der Waals surface area contributed by atoms with E-state index in [9.17, 15) is 9.36 Å². The molecule has 2 aromatic carbocycles. The Morgan fingerprint density at radius 3 is 2.52 bits per heavy atom. The summed E-state index contributed by atoms with van der Waals surface area (Å²) in [6, 6.07) is 13.5. The molecule has 108 valence electrons. The SMILES string of the molecule is CCOP1(=O)NC(=O)c2cc(-c3ccccc3)cc(C)c21. The van der Waals surface area contributed by atoms with Gasteiger partial charge in [0.25, 0.3) is 5.91 Å². The van der Waals surface area contributed by atoms with Crippen LogP contribution in [0.4, 0.5) is 0 Å². The Morgan fingerprint density at radius 1 is 1.14 bits per heavy atom. The molecule has 1 atom stereocenters. The highest BCUT2D eigenvalue weighted by Crippen LogP contribution is 2.48. The van der Waals surface area contributed by atoms with Crippen LogP contribution >= 0.6 is 7.52 Å². The fourth-order valence-corrected chi connectivity index (χ4v) is 4.74. The second-order valence-corrected chi connectivity index (χ2v) is 7.00. The lowest BCUT2D eigenvalue weighted by molar-refractivity contribution is 0.0982. The molecule has 1 heterocycles. The van der Waals surface area contributed by atoms with E-state index in [1.807, 2.05) is 43.3 Å². The smallest absolute Gasteiger partial charge is 0.310 e. The summed E-state index contributed by atoms with van der Waals surface area (Å²) in [6.07, 6.45) is 0. The van der Waals surface area contributed by atoms with Crippen molar-refractivity contribution in [3.8, 4) is 11.1 Å². The van der Waals surface area contributed by atoms with E-state index in [1.54, 1.807) is 13.0 Å². The minimum absolute atomic E-state index is 0.289. The van der Waals surface area contributed by atoms with Crippen LogP contribution in [0, 0.1) is 6.92 Å². The van der Waals surface area contributed by atoms with Gasteiger partial charge in [0.15, 0.2) is 0 Å². The van der Waals surface area contributed by atoms with E-state index in [0.717, 1.165) is 16.7 Å². The van der Waals surface area contributed by atoms with Crippen LogP contribution < -0.4 is 10.4 Å². The molecule has 1 aliphatic heterocycles. The molecule has 2 aromatic rings. The van der Waals surface area contributed by atoms with Crippen molar-refractivity contribution in [2.75, 3.05) is 6.61 Å². The molecule has 4 nitrogen and oxygen atoms in total. The van der Waals surface area contributed by atoms with Crippen LogP contribution in [0.15, 0.2) is 42.5 Å². The van der Waals surface area contributed by atoms with Gasteiger partial charge in [-0.3, -0.25) is 14.4 Å². The molecule has 0 aliphatic carbocycles. The zero-order valence-corrected chi connectivity index (χ0v) is 12.8. The molecule has 0 aromatic heterocycles. The van der Waals surface area contributed by atoms with Crippen molar-refractivity contribution in [1.82, 2.24) is 5.09 Å². The molecule has 5 heteroatoms. The molecule has 0 spiro atoms. The minimum atomic E-state index is -3.26. The van der Waals surface area contributed by atoms with E-state index >= 15 is 0 Å². The third-order valence-corrected chi connectivity index (χ3v) is 5.81. The molecule has 0 saturated heterocycles. The van der Waals surface area contributed by atoms with E-state index < -0.39 is 7.52 Å². The largest absolute Gasteiger partial charge is 0.327 e. The molecule has 21 heavy (non-hydrogen) atoms. The molecular formula is C16H16NO3P. The Kier molecular flexibility index (Phi) is 3.44. The van der Waals surface area contributed by atoms with Gasteiger partial charge in [-0.15, -0.1) is 0 Å². The van der Waals surface area contributed by atoms with Gasteiger partial charge in [0.05, 0.1) is 17.5 Å². The van der Waals surface area contributed by atoms with E-state index in [0.29, 0.717) is 10.9 Å². The highest BCUT2D eigenvalue weighted by Gasteiger charge is 2.41. The maximum Gasteiger partial charge on any atom is 0.327 e. The highest BCUT2D eigenvalue weighted by atomic mass is 31.2. The van der Waals surface area contributed by atoms with Gasteiger partial charge in [-0.2, -0.15) is 0 Å². The Bertz CT molecular complexity index is 756. The molecule has 1 aliphatic rings.